The first-order valence-corrected chi connectivity index (χ1v) is 4.07. The molecule has 0 aromatic carbocycles. The fourth-order valence-electron chi connectivity index (χ4n) is 0.683. The summed E-state index contributed by atoms with van der Waals surface area (Å²) in [5, 5.41) is 2.65. The number of nitrogens with one attached hydrogen (secondary N) is 1. The SMILES string of the molecule is CCCCOC(=O)C(=NC)NC. The highest BCUT2D eigenvalue weighted by molar-refractivity contribution is 6.35. The van der Waals surface area contributed by atoms with Crippen molar-refractivity contribution >= 4 is 11.8 Å². The molecule has 0 fully saturated rings. The molecule has 0 spiro atoms. The van der Waals surface area contributed by atoms with Crippen molar-refractivity contribution in [1.82, 2.24) is 5.32 Å². The van der Waals surface area contributed by atoms with Crippen molar-refractivity contribution in [1.29, 1.82) is 0 Å². The summed E-state index contributed by atoms with van der Waals surface area (Å²) in [6.45, 7) is 2.51. The lowest BCUT2D eigenvalue weighted by Crippen LogP contribution is -2.29. The van der Waals surface area contributed by atoms with Crippen molar-refractivity contribution in [3.63, 3.8) is 0 Å². The second-order valence-corrected chi connectivity index (χ2v) is 2.31. The summed E-state index contributed by atoms with van der Waals surface area (Å²) in [6, 6.07) is 0. The number of hydrogen-bond acceptors (Lipinski definition) is 3. The number of likely N-dealkylation sites (N-methyl/N-ethyl adjacent to an activating group) is 1. The Balaban J connectivity index is 3.71. The standard InChI is InChI=1S/C8H16N2O2/c1-4-5-6-12-8(11)7(9-2)10-3/h4-6H2,1-3H3,(H,9,10). The zero-order chi connectivity index (χ0) is 9.40. The largest absolute Gasteiger partial charge is 0.460 e. The van der Waals surface area contributed by atoms with E-state index in [0.29, 0.717) is 6.61 Å². The summed E-state index contributed by atoms with van der Waals surface area (Å²) < 4.78 is 4.89. The minimum absolute atomic E-state index is 0.270. The van der Waals surface area contributed by atoms with Crippen molar-refractivity contribution in [2.24, 2.45) is 4.99 Å². The Kier molecular flexibility index (Phi) is 6.05. The maximum atomic E-state index is 11.1. The Morgan fingerprint density at radius 2 is 2.25 bits per heavy atom. The number of carbonyl (C=O) groups is 1. The Morgan fingerprint density at radius 3 is 2.67 bits per heavy atom. The van der Waals surface area contributed by atoms with Gasteiger partial charge in [0.2, 0.25) is 5.84 Å². The second-order valence-electron chi connectivity index (χ2n) is 2.31. The molecule has 0 atom stereocenters. The molecule has 0 saturated carbocycles. The molecule has 4 heteroatoms. The van der Waals surface area contributed by atoms with E-state index >= 15 is 0 Å². The molecule has 0 aliphatic carbocycles. The van der Waals surface area contributed by atoms with E-state index in [-0.39, 0.29) is 11.8 Å². The first-order valence-electron chi connectivity index (χ1n) is 4.07. The van der Waals surface area contributed by atoms with Gasteiger partial charge in [-0.2, -0.15) is 0 Å². The van der Waals surface area contributed by atoms with Crippen LogP contribution in [-0.4, -0.2) is 32.5 Å². The number of esters is 1. The Labute approximate surface area is 73.0 Å². The quantitative estimate of drug-likeness (QED) is 0.293. The second kappa shape index (κ2) is 6.64. The summed E-state index contributed by atoms with van der Waals surface area (Å²) in [4.78, 5) is 14.8. The summed E-state index contributed by atoms with van der Waals surface area (Å²) in [6.07, 6.45) is 1.91. The van der Waals surface area contributed by atoms with Crippen molar-refractivity contribution < 1.29 is 9.53 Å². The van der Waals surface area contributed by atoms with Crippen molar-refractivity contribution in [2.75, 3.05) is 20.7 Å². The Hall–Kier alpha value is -1.06. The van der Waals surface area contributed by atoms with Gasteiger partial charge in [-0.05, 0) is 6.42 Å². The van der Waals surface area contributed by atoms with Crippen LogP contribution in [0.4, 0.5) is 0 Å². The number of carbonyl (C=O) groups excluding carboxylic acids is 1. The lowest BCUT2D eigenvalue weighted by Gasteiger charge is -2.04. The number of unbranched alkanes of at least 4 members (excludes halogenated alkanes) is 1. The smallest absolute Gasteiger partial charge is 0.373 e. The predicted octanol–water partition coefficient (Wildman–Crippen LogP) is 0.577. The van der Waals surface area contributed by atoms with E-state index in [2.05, 4.69) is 10.3 Å². The van der Waals surface area contributed by atoms with Crippen LogP contribution < -0.4 is 5.32 Å². The van der Waals surface area contributed by atoms with Crippen LogP contribution in [0.1, 0.15) is 19.8 Å². The molecule has 70 valence electrons. The van der Waals surface area contributed by atoms with Gasteiger partial charge >= 0.3 is 5.97 Å². The molecule has 0 aliphatic rings. The maximum Gasteiger partial charge on any atom is 0.373 e. The summed E-state index contributed by atoms with van der Waals surface area (Å²) in [7, 11) is 3.19. The van der Waals surface area contributed by atoms with Gasteiger partial charge in [-0.15, -0.1) is 0 Å². The summed E-state index contributed by atoms with van der Waals surface area (Å²) >= 11 is 0. The van der Waals surface area contributed by atoms with E-state index in [4.69, 9.17) is 4.74 Å². The van der Waals surface area contributed by atoms with E-state index in [1.165, 1.54) is 0 Å². The molecule has 0 aliphatic heterocycles. The van der Waals surface area contributed by atoms with Gasteiger partial charge in [0.25, 0.3) is 0 Å². The summed E-state index contributed by atoms with van der Waals surface area (Å²) in [5.41, 5.74) is 0. The highest BCUT2D eigenvalue weighted by Gasteiger charge is 2.08. The molecular formula is C8H16N2O2. The van der Waals surface area contributed by atoms with E-state index < -0.39 is 0 Å². The Bertz CT molecular complexity index is 166. The zero-order valence-electron chi connectivity index (χ0n) is 7.89. The number of aliphatic imine (C=N–C) groups is 1. The van der Waals surface area contributed by atoms with Gasteiger partial charge < -0.3 is 10.1 Å². The van der Waals surface area contributed by atoms with Crippen LogP contribution in [0, 0.1) is 0 Å². The molecule has 12 heavy (non-hydrogen) atoms. The highest BCUT2D eigenvalue weighted by Crippen LogP contribution is 1.89. The molecule has 0 bridgehead atoms. The van der Waals surface area contributed by atoms with Gasteiger partial charge in [-0.3, -0.25) is 4.99 Å². The average Bonchev–Trinajstić information content (AvgIpc) is 2.07. The number of rotatable bonds is 3. The average molecular weight is 172 g/mol. The van der Waals surface area contributed by atoms with Crippen LogP contribution in [0.3, 0.4) is 0 Å². The molecule has 0 aromatic rings. The van der Waals surface area contributed by atoms with Crippen LogP contribution >= 0.6 is 0 Å². The highest BCUT2D eigenvalue weighted by atomic mass is 16.5. The molecule has 0 saturated heterocycles. The molecule has 0 heterocycles. The van der Waals surface area contributed by atoms with Crippen molar-refractivity contribution in [3.05, 3.63) is 0 Å². The van der Waals surface area contributed by atoms with E-state index in [9.17, 15) is 4.79 Å². The maximum absolute atomic E-state index is 11.1. The lowest BCUT2D eigenvalue weighted by atomic mass is 10.4. The van der Waals surface area contributed by atoms with E-state index in [1.807, 2.05) is 6.92 Å². The summed E-state index contributed by atoms with van der Waals surface area (Å²) in [5.74, 6) is -0.112. The third-order valence-corrected chi connectivity index (χ3v) is 1.38. The molecule has 0 unspecified atom stereocenters. The third-order valence-electron chi connectivity index (χ3n) is 1.38. The fraction of sp³-hybridized carbons (Fsp3) is 0.750. The van der Waals surface area contributed by atoms with Crippen LogP contribution in [0.2, 0.25) is 0 Å². The molecule has 0 amide bonds. The molecule has 0 rings (SSSR count). The van der Waals surface area contributed by atoms with E-state index in [0.717, 1.165) is 12.8 Å². The lowest BCUT2D eigenvalue weighted by molar-refractivity contribution is -0.135. The van der Waals surface area contributed by atoms with Crippen LogP contribution in [-0.2, 0) is 9.53 Å². The predicted molar refractivity (Wildman–Crippen MR) is 48.3 cm³/mol. The molecule has 0 aromatic heterocycles. The minimum Gasteiger partial charge on any atom is -0.460 e. The molecule has 1 N–H and O–H groups in total. The fourth-order valence-corrected chi connectivity index (χ4v) is 0.683. The van der Waals surface area contributed by atoms with Gasteiger partial charge in [0, 0.05) is 14.1 Å². The number of ether oxygens (including phenoxy) is 1. The topological polar surface area (TPSA) is 50.7 Å². The first kappa shape index (κ1) is 10.9. The third kappa shape index (κ3) is 3.95. The Morgan fingerprint density at radius 1 is 1.58 bits per heavy atom. The van der Waals surface area contributed by atoms with Gasteiger partial charge in [0.05, 0.1) is 6.61 Å². The van der Waals surface area contributed by atoms with Gasteiger partial charge in [-0.25, -0.2) is 4.79 Å². The van der Waals surface area contributed by atoms with Crippen LogP contribution in [0.5, 0.6) is 0 Å². The number of hydrogen-bond donors (Lipinski definition) is 1. The monoisotopic (exact) mass is 172 g/mol. The van der Waals surface area contributed by atoms with Crippen molar-refractivity contribution in [2.45, 2.75) is 19.8 Å². The molecule has 4 nitrogen and oxygen atoms in total. The van der Waals surface area contributed by atoms with Gasteiger partial charge in [0.15, 0.2) is 0 Å². The first-order chi connectivity index (χ1) is 5.76. The minimum atomic E-state index is -0.381. The molecular weight excluding hydrogens is 156 g/mol. The van der Waals surface area contributed by atoms with E-state index in [1.54, 1.807) is 14.1 Å². The number of nitrogens with zero attached hydrogens (tertiary/aromatic N) is 1. The van der Waals surface area contributed by atoms with Crippen LogP contribution in [0.25, 0.3) is 0 Å². The molecule has 0 radical (unpaired) electrons. The van der Waals surface area contributed by atoms with Crippen molar-refractivity contribution in [3.8, 4) is 0 Å². The van der Waals surface area contributed by atoms with Gasteiger partial charge in [-0.1, -0.05) is 13.3 Å². The van der Waals surface area contributed by atoms with Crippen LogP contribution in [0.15, 0.2) is 4.99 Å². The zero-order valence-corrected chi connectivity index (χ0v) is 7.89. The normalized spacial score (nSPS) is 11.1. The number of amidine groups is 1. The van der Waals surface area contributed by atoms with Gasteiger partial charge in [0.1, 0.15) is 0 Å².